The SMILES string of the molecule is Cc1nc2cnc3[nH]ccc3c2n1C1CCC(CCCC#N)CC1. The predicted octanol–water partition coefficient (Wildman–Crippen LogP) is 4.65. The fraction of sp³-hybridized carbons (Fsp3) is 0.526. The van der Waals surface area contributed by atoms with E-state index in [1.165, 1.54) is 43.0 Å². The van der Waals surface area contributed by atoms with Gasteiger partial charge in [0.25, 0.3) is 0 Å². The summed E-state index contributed by atoms with van der Waals surface area (Å²) in [4.78, 5) is 12.4. The van der Waals surface area contributed by atoms with Gasteiger partial charge in [0.15, 0.2) is 0 Å². The van der Waals surface area contributed by atoms with Crippen LogP contribution in [0.25, 0.3) is 22.1 Å². The Kier molecular flexibility index (Phi) is 3.97. The third-order valence-electron chi connectivity index (χ3n) is 5.49. The van der Waals surface area contributed by atoms with Crippen molar-refractivity contribution in [2.75, 3.05) is 0 Å². The van der Waals surface area contributed by atoms with Crippen molar-refractivity contribution in [3.05, 3.63) is 24.3 Å². The maximum atomic E-state index is 8.69. The maximum absolute atomic E-state index is 8.69. The van der Waals surface area contributed by atoms with Gasteiger partial charge in [-0.3, -0.25) is 0 Å². The zero-order valence-corrected chi connectivity index (χ0v) is 14.1. The van der Waals surface area contributed by atoms with E-state index in [0.29, 0.717) is 12.5 Å². The van der Waals surface area contributed by atoms with E-state index in [0.717, 1.165) is 29.3 Å². The van der Waals surface area contributed by atoms with Gasteiger partial charge in [-0.2, -0.15) is 5.26 Å². The predicted molar refractivity (Wildman–Crippen MR) is 94.6 cm³/mol. The number of nitriles is 1. The van der Waals surface area contributed by atoms with E-state index in [4.69, 9.17) is 10.2 Å². The first-order valence-electron chi connectivity index (χ1n) is 8.95. The van der Waals surface area contributed by atoms with Gasteiger partial charge in [-0.15, -0.1) is 0 Å². The molecule has 1 saturated carbocycles. The van der Waals surface area contributed by atoms with Crippen molar-refractivity contribution in [2.24, 2.45) is 5.92 Å². The molecule has 0 bridgehead atoms. The number of rotatable bonds is 4. The van der Waals surface area contributed by atoms with Crippen molar-refractivity contribution in [3.63, 3.8) is 0 Å². The Labute approximate surface area is 141 Å². The van der Waals surface area contributed by atoms with Gasteiger partial charge in [0.1, 0.15) is 17.0 Å². The van der Waals surface area contributed by atoms with Crippen LogP contribution in [0.15, 0.2) is 18.5 Å². The van der Waals surface area contributed by atoms with Gasteiger partial charge in [0.2, 0.25) is 0 Å². The smallest absolute Gasteiger partial charge is 0.139 e. The molecule has 124 valence electrons. The van der Waals surface area contributed by atoms with Gasteiger partial charge in [-0.25, -0.2) is 9.97 Å². The Morgan fingerprint density at radius 1 is 1.33 bits per heavy atom. The van der Waals surface area contributed by atoms with Crippen LogP contribution in [0, 0.1) is 24.2 Å². The van der Waals surface area contributed by atoms with Crippen LogP contribution in [-0.2, 0) is 0 Å². The molecule has 3 heterocycles. The first kappa shape index (κ1) is 15.2. The number of hydrogen-bond donors (Lipinski definition) is 1. The van der Waals surface area contributed by atoms with Gasteiger partial charge in [-0.05, 0) is 57.4 Å². The fourth-order valence-corrected chi connectivity index (χ4v) is 4.32. The number of H-pyrrole nitrogens is 1. The molecular formula is C19H23N5. The molecule has 24 heavy (non-hydrogen) atoms. The van der Waals surface area contributed by atoms with Crippen LogP contribution in [-0.4, -0.2) is 19.5 Å². The summed E-state index contributed by atoms with van der Waals surface area (Å²) in [6.07, 6.45) is 11.7. The zero-order chi connectivity index (χ0) is 16.5. The third-order valence-corrected chi connectivity index (χ3v) is 5.49. The molecule has 1 fully saturated rings. The number of nitrogens with one attached hydrogen (secondary N) is 1. The lowest BCUT2D eigenvalue weighted by Crippen LogP contribution is -2.19. The highest BCUT2D eigenvalue weighted by atomic mass is 15.1. The molecule has 1 aliphatic rings. The second kappa shape index (κ2) is 6.27. The molecule has 5 heteroatoms. The Hall–Kier alpha value is -2.35. The van der Waals surface area contributed by atoms with Crippen LogP contribution in [0.3, 0.4) is 0 Å². The van der Waals surface area contributed by atoms with Gasteiger partial charge in [0.05, 0.1) is 17.8 Å². The number of unbranched alkanes of at least 4 members (excludes halogenated alkanes) is 1. The topological polar surface area (TPSA) is 70.3 Å². The van der Waals surface area contributed by atoms with Gasteiger partial charge < -0.3 is 9.55 Å². The lowest BCUT2D eigenvalue weighted by molar-refractivity contribution is 0.262. The Bertz CT molecular complexity index is 890. The van der Waals surface area contributed by atoms with E-state index in [2.05, 4.69) is 33.6 Å². The number of aromatic nitrogens is 4. The lowest BCUT2D eigenvalue weighted by atomic mass is 9.83. The van der Waals surface area contributed by atoms with Crippen molar-refractivity contribution < 1.29 is 0 Å². The summed E-state index contributed by atoms with van der Waals surface area (Å²) in [5.41, 5.74) is 3.16. The maximum Gasteiger partial charge on any atom is 0.139 e. The summed E-state index contributed by atoms with van der Waals surface area (Å²) in [6.45, 7) is 2.11. The molecule has 0 amide bonds. The first-order chi connectivity index (χ1) is 11.8. The molecule has 3 aromatic heterocycles. The second-order valence-electron chi connectivity index (χ2n) is 6.99. The van der Waals surface area contributed by atoms with E-state index in [-0.39, 0.29) is 0 Å². The van der Waals surface area contributed by atoms with Crippen molar-refractivity contribution in [1.82, 2.24) is 19.5 Å². The summed E-state index contributed by atoms with van der Waals surface area (Å²) in [5.74, 6) is 1.88. The molecule has 0 aliphatic heterocycles. The van der Waals surface area contributed by atoms with Crippen LogP contribution in [0.2, 0.25) is 0 Å². The van der Waals surface area contributed by atoms with Crippen LogP contribution in [0.4, 0.5) is 0 Å². The number of aromatic amines is 1. The molecule has 1 N–H and O–H groups in total. The van der Waals surface area contributed by atoms with Gasteiger partial charge >= 0.3 is 0 Å². The molecule has 0 spiro atoms. The summed E-state index contributed by atoms with van der Waals surface area (Å²) in [7, 11) is 0. The zero-order valence-electron chi connectivity index (χ0n) is 14.1. The van der Waals surface area contributed by atoms with Crippen LogP contribution < -0.4 is 0 Å². The Morgan fingerprint density at radius 2 is 2.17 bits per heavy atom. The van der Waals surface area contributed by atoms with Crippen molar-refractivity contribution in [3.8, 4) is 6.07 Å². The van der Waals surface area contributed by atoms with Crippen molar-refractivity contribution >= 4 is 22.1 Å². The largest absolute Gasteiger partial charge is 0.346 e. The summed E-state index contributed by atoms with van der Waals surface area (Å²) in [5, 5.41) is 9.87. The second-order valence-corrected chi connectivity index (χ2v) is 6.99. The molecular weight excluding hydrogens is 298 g/mol. The molecule has 0 atom stereocenters. The van der Waals surface area contributed by atoms with Gasteiger partial charge in [0, 0.05) is 24.0 Å². The van der Waals surface area contributed by atoms with Crippen molar-refractivity contribution in [2.45, 2.75) is 57.9 Å². The van der Waals surface area contributed by atoms with Crippen LogP contribution >= 0.6 is 0 Å². The van der Waals surface area contributed by atoms with Gasteiger partial charge in [-0.1, -0.05) is 0 Å². The molecule has 4 rings (SSSR count). The average Bonchev–Trinajstić information content (AvgIpc) is 3.19. The first-order valence-corrected chi connectivity index (χ1v) is 8.95. The van der Waals surface area contributed by atoms with E-state index in [1.807, 2.05) is 12.4 Å². The minimum atomic E-state index is 0.530. The molecule has 0 unspecified atom stereocenters. The quantitative estimate of drug-likeness (QED) is 0.711. The number of hydrogen-bond acceptors (Lipinski definition) is 3. The molecule has 3 aromatic rings. The number of pyridine rings is 1. The van der Waals surface area contributed by atoms with Crippen LogP contribution in [0.5, 0.6) is 0 Å². The highest BCUT2D eigenvalue weighted by Crippen LogP contribution is 2.38. The van der Waals surface area contributed by atoms with E-state index in [9.17, 15) is 0 Å². The fourth-order valence-electron chi connectivity index (χ4n) is 4.32. The minimum absolute atomic E-state index is 0.530. The normalized spacial score (nSPS) is 21.3. The monoisotopic (exact) mass is 321 g/mol. The molecule has 0 radical (unpaired) electrons. The average molecular weight is 321 g/mol. The summed E-state index contributed by atoms with van der Waals surface area (Å²) in [6, 6.07) is 4.90. The number of aryl methyl sites for hydroxylation is 1. The summed E-state index contributed by atoms with van der Waals surface area (Å²) < 4.78 is 2.44. The Balaban J connectivity index is 1.60. The van der Waals surface area contributed by atoms with E-state index < -0.39 is 0 Å². The molecule has 5 nitrogen and oxygen atoms in total. The highest BCUT2D eigenvalue weighted by Gasteiger charge is 2.25. The standard InChI is InChI=1S/C19H23N5/c1-13-23-17-12-22-19-16(9-11-21-19)18(17)24(13)15-7-5-14(6-8-15)4-2-3-10-20/h9,11-12,14-15H,2-8H2,1H3,(H,21,22). The number of fused-ring (bicyclic) bond motifs is 3. The molecule has 1 aliphatic carbocycles. The Morgan fingerprint density at radius 3 is 2.96 bits per heavy atom. The number of nitrogens with zero attached hydrogens (tertiary/aromatic N) is 4. The van der Waals surface area contributed by atoms with E-state index >= 15 is 0 Å². The summed E-state index contributed by atoms with van der Waals surface area (Å²) >= 11 is 0. The third kappa shape index (κ3) is 2.56. The van der Waals surface area contributed by atoms with Crippen LogP contribution in [0.1, 0.15) is 56.8 Å². The van der Waals surface area contributed by atoms with E-state index in [1.54, 1.807) is 0 Å². The van der Waals surface area contributed by atoms with Crippen molar-refractivity contribution in [1.29, 1.82) is 5.26 Å². The number of imidazole rings is 1. The lowest BCUT2D eigenvalue weighted by Gasteiger charge is -2.30. The molecule has 0 aromatic carbocycles. The highest BCUT2D eigenvalue weighted by molar-refractivity contribution is 6.01. The minimum Gasteiger partial charge on any atom is -0.346 e. The molecule has 0 saturated heterocycles.